The minimum Gasteiger partial charge on any atom is -0.478 e. The van der Waals surface area contributed by atoms with E-state index in [4.69, 9.17) is 5.73 Å². The number of hydrogen-bond donors (Lipinski definition) is 2. The number of piperidine rings is 1. The first-order chi connectivity index (χ1) is 16.0. The number of carboxylic acids is 1. The highest BCUT2D eigenvalue weighted by molar-refractivity contribution is 6.03. The number of para-hydroxylation sites is 1. The summed E-state index contributed by atoms with van der Waals surface area (Å²) in [6.45, 7) is 1.95. The molecule has 5 heteroatoms. The number of carbonyl (C=O) groups excluding carboxylic acids is 1. The first-order valence-corrected chi connectivity index (χ1v) is 11.3. The van der Waals surface area contributed by atoms with Crippen molar-refractivity contribution in [3.05, 3.63) is 101 Å². The monoisotopic (exact) mass is 440 g/mol. The first kappa shape index (κ1) is 22.3. The zero-order valence-electron chi connectivity index (χ0n) is 18.5. The van der Waals surface area contributed by atoms with Crippen LogP contribution in [-0.2, 0) is 4.79 Å². The Hall–Kier alpha value is -3.86. The van der Waals surface area contributed by atoms with Crippen LogP contribution in [-0.4, -0.2) is 30.1 Å². The fourth-order valence-electron chi connectivity index (χ4n) is 4.49. The van der Waals surface area contributed by atoms with Gasteiger partial charge >= 0.3 is 5.97 Å². The van der Waals surface area contributed by atoms with Crippen LogP contribution in [0.15, 0.2) is 78.9 Å². The van der Waals surface area contributed by atoms with E-state index < -0.39 is 17.8 Å². The number of carboxylic acid groups (broad SMARTS) is 1. The van der Waals surface area contributed by atoms with Gasteiger partial charge in [-0.15, -0.1) is 0 Å². The Morgan fingerprint density at radius 3 is 2.12 bits per heavy atom. The lowest BCUT2D eigenvalue weighted by molar-refractivity contribution is -0.118. The van der Waals surface area contributed by atoms with Crippen LogP contribution in [0.2, 0.25) is 0 Å². The lowest BCUT2D eigenvalue weighted by atomic mass is 9.83. The molecule has 1 saturated heterocycles. The Morgan fingerprint density at radius 2 is 1.48 bits per heavy atom. The molecule has 0 spiro atoms. The summed E-state index contributed by atoms with van der Waals surface area (Å²) in [6.07, 6.45) is 5.53. The highest BCUT2D eigenvalue weighted by atomic mass is 16.4. The van der Waals surface area contributed by atoms with E-state index in [1.807, 2.05) is 54.6 Å². The summed E-state index contributed by atoms with van der Waals surface area (Å²) in [5.41, 5.74) is 10.6. The summed E-state index contributed by atoms with van der Waals surface area (Å²) < 4.78 is 0. The van der Waals surface area contributed by atoms with Gasteiger partial charge < -0.3 is 15.7 Å². The number of amides is 1. The van der Waals surface area contributed by atoms with Crippen molar-refractivity contribution in [2.45, 2.75) is 25.2 Å². The molecular formula is C28H28N2O3. The van der Waals surface area contributed by atoms with Gasteiger partial charge in [0.05, 0.1) is 11.5 Å². The van der Waals surface area contributed by atoms with Gasteiger partial charge in [0.1, 0.15) is 0 Å². The summed E-state index contributed by atoms with van der Waals surface area (Å²) in [7, 11) is 0. The van der Waals surface area contributed by atoms with Crippen molar-refractivity contribution >= 4 is 29.2 Å². The van der Waals surface area contributed by atoms with Gasteiger partial charge in [-0.25, -0.2) is 4.79 Å². The Balaban J connectivity index is 1.88. The van der Waals surface area contributed by atoms with Gasteiger partial charge in [-0.1, -0.05) is 60.7 Å². The minimum atomic E-state index is -1.01. The summed E-state index contributed by atoms with van der Waals surface area (Å²) in [5.74, 6) is -2.21. The Morgan fingerprint density at radius 1 is 0.848 bits per heavy atom. The maximum atomic E-state index is 12.9. The third-order valence-electron chi connectivity index (χ3n) is 6.12. The van der Waals surface area contributed by atoms with Gasteiger partial charge in [-0.2, -0.15) is 0 Å². The zero-order valence-corrected chi connectivity index (χ0v) is 18.5. The number of aromatic carboxylic acids is 1. The second kappa shape index (κ2) is 10.2. The van der Waals surface area contributed by atoms with Crippen LogP contribution in [0.3, 0.4) is 0 Å². The molecule has 1 fully saturated rings. The molecule has 5 nitrogen and oxygen atoms in total. The van der Waals surface area contributed by atoms with Gasteiger partial charge in [-0.3, -0.25) is 4.79 Å². The quantitative estimate of drug-likeness (QED) is 0.496. The van der Waals surface area contributed by atoms with Gasteiger partial charge in [0.2, 0.25) is 5.91 Å². The van der Waals surface area contributed by atoms with Crippen LogP contribution in [0, 0.1) is 0 Å². The summed E-state index contributed by atoms with van der Waals surface area (Å²) >= 11 is 0. The van der Waals surface area contributed by atoms with Crippen LogP contribution < -0.4 is 10.6 Å². The summed E-state index contributed by atoms with van der Waals surface area (Å²) in [4.78, 5) is 26.6. The molecule has 3 N–H and O–H groups in total. The number of anilines is 1. The molecule has 1 aliphatic rings. The van der Waals surface area contributed by atoms with E-state index >= 15 is 0 Å². The number of benzene rings is 3. The minimum absolute atomic E-state index is 0.171. The molecule has 0 radical (unpaired) electrons. The molecule has 0 aromatic heterocycles. The molecule has 0 bridgehead atoms. The predicted molar refractivity (Wildman–Crippen MR) is 132 cm³/mol. The largest absolute Gasteiger partial charge is 0.478 e. The zero-order chi connectivity index (χ0) is 23.2. The second-order valence-corrected chi connectivity index (χ2v) is 8.34. The third kappa shape index (κ3) is 5.14. The average Bonchev–Trinajstić information content (AvgIpc) is 2.85. The van der Waals surface area contributed by atoms with Gasteiger partial charge in [0, 0.05) is 24.3 Å². The highest BCUT2D eigenvalue weighted by Gasteiger charge is 2.27. The smallest absolute Gasteiger partial charge is 0.335 e. The van der Waals surface area contributed by atoms with Crippen molar-refractivity contribution < 1.29 is 14.7 Å². The molecule has 168 valence electrons. The van der Waals surface area contributed by atoms with E-state index in [-0.39, 0.29) is 5.56 Å². The molecule has 1 atom stereocenters. The molecule has 0 saturated carbocycles. The fraction of sp³-hybridized carbons (Fsp3) is 0.214. The molecule has 3 aromatic carbocycles. The van der Waals surface area contributed by atoms with E-state index in [9.17, 15) is 14.7 Å². The number of primary amides is 1. The lowest BCUT2D eigenvalue weighted by Crippen LogP contribution is -2.31. The SMILES string of the molecule is NC(=O)C(/C(=C\c1ccccc1)c1ccccc1N1CCCCC1)c1ccc(C(=O)O)cc1. The second-order valence-electron chi connectivity index (χ2n) is 8.34. The van der Waals surface area contributed by atoms with E-state index in [0.717, 1.165) is 48.3 Å². The maximum absolute atomic E-state index is 12.9. The fourth-order valence-corrected chi connectivity index (χ4v) is 4.49. The Bertz CT molecular complexity index is 1150. The molecule has 1 unspecified atom stereocenters. The number of nitrogens with zero attached hydrogens (tertiary/aromatic N) is 1. The molecule has 33 heavy (non-hydrogen) atoms. The maximum Gasteiger partial charge on any atom is 0.335 e. The molecule has 0 aliphatic carbocycles. The van der Waals surface area contributed by atoms with Crippen molar-refractivity contribution in [1.29, 1.82) is 0 Å². The van der Waals surface area contributed by atoms with Crippen molar-refractivity contribution in [3.8, 4) is 0 Å². The number of rotatable bonds is 7. The average molecular weight is 441 g/mol. The van der Waals surface area contributed by atoms with Crippen LogP contribution in [0.4, 0.5) is 5.69 Å². The Labute approximate surface area is 194 Å². The van der Waals surface area contributed by atoms with Crippen molar-refractivity contribution in [3.63, 3.8) is 0 Å². The topological polar surface area (TPSA) is 83.6 Å². The summed E-state index contributed by atoms with van der Waals surface area (Å²) in [5, 5.41) is 9.28. The van der Waals surface area contributed by atoms with E-state index in [0.29, 0.717) is 5.56 Å². The molecule has 1 amide bonds. The highest BCUT2D eigenvalue weighted by Crippen LogP contribution is 2.39. The molecule has 4 rings (SSSR count). The summed E-state index contributed by atoms with van der Waals surface area (Å²) in [6, 6.07) is 24.4. The molecule has 3 aromatic rings. The van der Waals surface area contributed by atoms with Gasteiger partial charge in [-0.05, 0) is 60.2 Å². The van der Waals surface area contributed by atoms with Gasteiger partial charge in [0.15, 0.2) is 0 Å². The van der Waals surface area contributed by atoms with Crippen LogP contribution in [0.5, 0.6) is 0 Å². The molecule has 1 heterocycles. The number of carbonyl (C=O) groups is 2. The van der Waals surface area contributed by atoms with Crippen LogP contribution >= 0.6 is 0 Å². The lowest BCUT2D eigenvalue weighted by Gasteiger charge is -2.32. The molecule has 1 aliphatic heterocycles. The predicted octanol–water partition coefficient (Wildman–Crippen LogP) is 5.18. The van der Waals surface area contributed by atoms with Crippen molar-refractivity contribution in [2.24, 2.45) is 5.73 Å². The molecular weight excluding hydrogens is 412 g/mol. The Kier molecular flexibility index (Phi) is 6.89. The van der Waals surface area contributed by atoms with Gasteiger partial charge in [0.25, 0.3) is 0 Å². The number of nitrogens with two attached hydrogens (primary N) is 1. The van der Waals surface area contributed by atoms with Crippen molar-refractivity contribution in [1.82, 2.24) is 0 Å². The van der Waals surface area contributed by atoms with E-state index in [1.54, 1.807) is 12.1 Å². The standard InChI is InChI=1S/C28H28N2O3/c29-27(31)26(21-13-15-22(16-14-21)28(32)33)24(19-20-9-3-1-4-10-20)23-11-5-6-12-25(23)30-17-7-2-8-18-30/h1,3-6,9-16,19,26H,2,7-8,17-18H2,(H2,29,31)(H,32,33)/b24-19-. The first-order valence-electron chi connectivity index (χ1n) is 11.3. The van der Waals surface area contributed by atoms with E-state index in [2.05, 4.69) is 11.0 Å². The van der Waals surface area contributed by atoms with Crippen LogP contribution in [0.25, 0.3) is 11.6 Å². The normalized spacial score (nSPS) is 15.2. The third-order valence-corrected chi connectivity index (χ3v) is 6.12. The van der Waals surface area contributed by atoms with E-state index in [1.165, 1.54) is 18.6 Å². The number of hydrogen-bond acceptors (Lipinski definition) is 3. The van der Waals surface area contributed by atoms with Crippen molar-refractivity contribution in [2.75, 3.05) is 18.0 Å². The van der Waals surface area contributed by atoms with Crippen LogP contribution in [0.1, 0.15) is 52.2 Å².